The van der Waals surface area contributed by atoms with Gasteiger partial charge in [-0.05, 0) is 30.9 Å². The van der Waals surface area contributed by atoms with Crippen molar-refractivity contribution in [3.05, 3.63) is 84.1 Å². The number of ether oxygens (including phenoxy) is 2. The van der Waals surface area contributed by atoms with Gasteiger partial charge >= 0.3 is 0 Å². The Kier molecular flexibility index (Phi) is 6.65. The fourth-order valence-electron chi connectivity index (χ4n) is 4.60. The molecule has 0 aliphatic carbocycles. The van der Waals surface area contributed by atoms with Crippen LogP contribution in [0.2, 0.25) is 0 Å². The Hall–Kier alpha value is -3.22. The average Bonchev–Trinajstić information content (AvgIpc) is 3.54. The van der Waals surface area contributed by atoms with Crippen LogP contribution in [0.3, 0.4) is 0 Å². The molecule has 5 rings (SSSR count). The number of benzene rings is 2. The van der Waals surface area contributed by atoms with Crippen molar-refractivity contribution in [2.45, 2.75) is 38.1 Å². The smallest absolute Gasteiger partial charge is 0.247 e. The predicted molar refractivity (Wildman–Crippen MR) is 127 cm³/mol. The van der Waals surface area contributed by atoms with E-state index in [1.807, 2.05) is 70.4 Å². The van der Waals surface area contributed by atoms with E-state index in [0.29, 0.717) is 19.8 Å². The second-order valence-electron chi connectivity index (χ2n) is 8.52. The number of aromatic nitrogens is 2. The van der Waals surface area contributed by atoms with E-state index in [9.17, 15) is 4.79 Å². The van der Waals surface area contributed by atoms with Crippen molar-refractivity contribution in [3.63, 3.8) is 0 Å². The van der Waals surface area contributed by atoms with Gasteiger partial charge in [-0.1, -0.05) is 60.7 Å². The molecule has 170 valence electrons. The van der Waals surface area contributed by atoms with Crippen molar-refractivity contribution < 1.29 is 14.3 Å². The van der Waals surface area contributed by atoms with E-state index < -0.39 is 0 Å². The van der Waals surface area contributed by atoms with E-state index in [4.69, 9.17) is 14.6 Å². The van der Waals surface area contributed by atoms with Crippen LogP contribution in [-0.4, -0.2) is 52.7 Å². The molecule has 3 aromatic rings. The minimum atomic E-state index is -0.309. The minimum Gasteiger partial charge on any atom is -0.348 e. The lowest BCUT2D eigenvalue weighted by Gasteiger charge is -2.37. The summed E-state index contributed by atoms with van der Waals surface area (Å²) in [7, 11) is 0. The van der Waals surface area contributed by atoms with Gasteiger partial charge in [-0.3, -0.25) is 9.48 Å². The minimum absolute atomic E-state index is 0.00591. The summed E-state index contributed by atoms with van der Waals surface area (Å²) < 4.78 is 13.4. The number of hydrogen-bond acceptors (Lipinski definition) is 4. The molecular formula is C27H29N3O3. The first-order valence-corrected chi connectivity index (χ1v) is 11.7. The molecule has 6 nitrogen and oxygen atoms in total. The number of piperidine rings is 1. The lowest BCUT2D eigenvalue weighted by atomic mass is 10.0. The highest BCUT2D eigenvalue weighted by atomic mass is 16.7. The largest absolute Gasteiger partial charge is 0.348 e. The summed E-state index contributed by atoms with van der Waals surface area (Å²) in [4.78, 5) is 15.1. The molecule has 0 saturated carbocycles. The summed E-state index contributed by atoms with van der Waals surface area (Å²) in [6.07, 6.45) is 8.27. The topological polar surface area (TPSA) is 56.6 Å². The molecule has 2 aliphatic rings. The fraction of sp³-hybridized carbons (Fsp3) is 0.333. The zero-order valence-electron chi connectivity index (χ0n) is 18.7. The predicted octanol–water partition coefficient (Wildman–Crippen LogP) is 4.37. The molecule has 1 amide bonds. The standard InChI is InChI=1S/C27H29N3O3/c31-25(30-16-8-7-13-24(30)27-32-17-18-33-27)15-14-23-20-29(19-21-9-3-1-4-10-21)28-26(23)22-11-5-2-6-12-22/h1-6,9-12,14-15,20,24,27H,7-8,13,16-19H2/b15-14+. The van der Waals surface area contributed by atoms with Gasteiger partial charge < -0.3 is 14.4 Å². The van der Waals surface area contributed by atoms with Gasteiger partial charge in [0.25, 0.3) is 0 Å². The maximum Gasteiger partial charge on any atom is 0.247 e. The molecule has 1 unspecified atom stereocenters. The van der Waals surface area contributed by atoms with E-state index in [1.165, 1.54) is 5.56 Å². The quantitative estimate of drug-likeness (QED) is 0.531. The number of likely N-dealkylation sites (tertiary alicyclic amines) is 1. The summed E-state index contributed by atoms with van der Waals surface area (Å²) >= 11 is 0. The fourth-order valence-corrected chi connectivity index (χ4v) is 4.60. The molecule has 0 bridgehead atoms. The third-order valence-electron chi connectivity index (χ3n) is 6.22. The Labute approximate surface area is 194 Å². The molecule has 0 radical (unpaired) electrons. The highest BCUT2D eigenvalue weighted by molar-refractivity contribution is 5.93. The maximum atomic E-state index is 13.2. The Morgan fingerprint density at radius 2 is 1.73 bits per heavy atom. The van der Waals surface area contributed by atoms with Crippen LogP contribution in [0.4, 0.5) is 0 Å². The lowest BCUT2D eigenvalue weighted by molar-refractivity contribution is -0.145. The van der Waals surface area contributed by atoms with Crippen LogP contribution in [0.25, 0.3) is 17.3 Å². The van der Waals surface area contributed by atoms with Crippen LogP contribution in [0.5, 0.6) is 0 Å². The third-order valence-corrected chi connectivity index (χ3v) is 6.22. The van der Waals surface area contributed by atoms with Gasteiger partial charge in [0.2, 0.25) is 5.91 Å². The molecule has 3 heterocycles. The molecule has 2 fully saturated rings. The average molecular weight is 444 g/mol. The Morgan fingerprint density at radius 1 is 1.00 bits per heavy atom. The Balaban J connectivity index is 1.39. The summed E-state index contributed by atoms with van der Waals surface area (Å²) in [5.41, 5.74) is 4.00. The first-order valence-electron chi connectivity index (χ1n) is 11.7. The molecule has 1 atom stereocenters. The van der Waals surface area contributed by atoms with Gasteiger partial charge in [-0.2, -0.15) is 5.10 Å². The van der Waals surface area contributed by atoms with Crippen molar-refractivity contribution in [1.82, 2.24) is 14.7 Å². The SMILES string of the molecule is O=C(/C=C/c1cn(Cc2ccccc2)nc1-c1ccccc1)N1CCCCC1C1OCCO1. The van der Waals surface area contributed by atoms with Crippen LogP contribution in [-0.2, 0) is 20.8 Å². The molecule has 6 heteroatoms. The van der Waals surface area contributed by atoms with Gasteiger partial charge in [0, 0.05) is 29.9 Å². The first kappa shape index (κ1) is 21.6. The number of rotatable bonds is 6. The molecule has 0 N–H and O–H groups in total. The summed E-state index contributed by atoms with van der Waals surface area (Å²) in [5.74, 6) is -0.00591. The van der Waals surface area contributed by atoms with Gasteiger partial charge in [0.15, 0.2) is 6.29 Å². The highest BCUT2D eigenvalue weighted by Gasteiger charge is 2.35. The van der Waals surface area contributed by atoms with Crippen molar-refractivity contribution in [2.75, 3.05) is 19.8 Å². The van der Waals surface area contributed by atoms with Crippen molar-refractivity contribution in [2.24, 2.45) is 0 Å². The Bertz CT molecular complexity index is 1090. The number of nitrogens with zero attached hydrogens (tertiary/aromatic N) is 3. The molecule has 0 spiro atoms. The molecule has 1 aromatic heterocycles. The molecule has 33 heavy (non-hydrogen) atoms. The summed E-state index contributed by atoms with van der Waals surface area (Å²) in [5, 5.41) is 4.84. The molecular weight excluding hydrogens is 414 g/mol. The number of carbonyl (C=O) groups is 1. The highest BCUT2D eigenvalue weighted by Crippen LogP contribution is 2.26. The van der Waals surface area contributed by atoms with Gasteiger partial charge in [-0.15, -0.1) is 0 Å². The number of hydrogen-bond donors (Lipinski definition) is 0. The molecule has 2 saturated heterocycles. The number of carbonyl (C=O) groups excluding carboxylic acids is 1. The van der Waals surface area contributed by atoms with E-state index in [2.05, 4.69) is 12.1 Å². The van der Waals surface area contributed by atoms with Crippen LogP contribution >= 0.6 is 0 Å². The van der Waals surface area contributed by atoms with Crippen LogP contribution < -0.4 is 0 Å². The van der Waals surface area contributed by atoms with E-state index in [0.717, 1.165) is 42.6 Å². The summed E-state index contributed by atoms with van der Waals surface area (Å²) in [6.45, 7) is 2.60. The normalized spacial score (nSPS) is 19.4. The molecule has 2 aliphatic heterocycles. The maximum absolute atomic E-state index is 13.2. The van der Waals surface area contributed by atoms with E-state index >= 15 is 0 Å². The zero-order valence-corrected chi connectivity index (χ0v) is 18.7. The van der Waals surface area contributed by atoms with Gasteiger partial charge in [0.1, 0.15) is 0 Å². The van der Waals surface area contributed by atoms with Crippen molar-refractivity contribution in [3.8, 4) is 11.3 Å². The lowest BCUT2D eigenvalue weighted by Crippen LogP contribution is -2.49. The first-order chi connectivity index (χ1) is 16.3. The monoisotopic (exact) mass is 443 g/mol. The van der Waals surface area contributed by atoms with Gasteiger partial charge in [-0.25, -0.2) is 0 Å². The van der Waals surface area contributed by atoms with Gasteiger partial charge in [0.05, 0.1) is 31.5 Å². The molecule has 2 aromatic carbocycles. The second-order valence-corrected chi connectivity index (χ2v) is 8.52. The summed E-state index contributed by atoms with van der Waals surface area (Å²) in [6, 6.07) is 20.3. The number of amides is 1. The Morgan fingerprint density at radius 3 is 2.48 bits per heavy atom. The van der Waals surface area contributed by atoms with E-state index in [1.54, 1.807) is 6.08 Å². The second kappa shape index (κ2) is 10.1. The third kappa shape index (κ3) is 5.07. The van der Waals surface area contributed by atoms with Crippen molar-refractivity contribution in [1.29, 1.82) is 0 Å². The zero-order chi connectivity index (χ0) is 22.5. The van der Waals surface area contributed by atoms with Crippen LogP contribution in [0.15, 0.2) is 72.9 Å². The van der Waals surface area contributed by atoms with Crippen LogP contribution in [0.1, 0.15) is 30.4 Å². The van der Waals surface area contributed by atoms with E-state index in [-0.39, 0.29) is 18.2 Å². The van der Waals surface area contributed by atoms with Crippen LogP contribution in [0, 0.1) is 0 Å². The van der Waals surface area contributed by atoms with Crippen molar-refractivity contribution >= 4 is 12.0 Å².